The van der Waals surface area contributed by atoms with Gasteiger partial charge in [0.05, 0.1) is 6.20 Å². The molecule has 0 aliphatic carbocycles. The summed E-state index contributed by atoms with van der Waals surface area (Å²) >= 11 is 0. The average Bonchev–Trinajstić information content (AvgIpc) is 2.42. The van der Waals surface area contributed by atoms with Crippen molar-refractivity contribution < 1.29 is 4.74 Å². The van der Waals surface area contributed by atoms with Gasteiger partial charge in [-0.2, -0.15) is 0 Å². The standard InChI is InChI=1S/C15H19N3O/c1-3-7-16-10-13-6-8-17-15(9-13)19-14-5-4-12(2)18-11-14/h4-6,8-9,11,16H,3,7,10H2,1-2H3. The van der Waals surface area contributed by atoms with E-state index in [1.54, 1.807) is 12.4 Å². The molecule has 2 aromatic heterocycles. The Balaban J connectivity index is 2.00. The minimum absolute atomic E-state index is 0.599. The van der Waals surface area contributed by atoms with Crippen molar-refractivity contribution in [3.8, 4) is 11.6 Å². The second-order valence-corrected chi connectivity index (χ2v) is 4.42. The lowest BCUT2D eigenvalue weighted by molar-refractivity contribution is 0.459. The molecule has 0 aromatic carbocycles. The zero-order chi connectivity index (χ0) is 13.5. The Kier molecular flexibility index (Phi) is 4.86. The third-order valence-corrected chi connectivity index (χ3v) is 2.66. The fraction of sp³-hybridized carbons (Fsp3) is 0.333. The smallest absolute Gasteiger partial charge is 0.219 e. The number of nitrogens with one attached hydrogen (secondary N) is 1. The molecule has 0 radical (unpaired) electrons. The van der Waals surface area contributed by atoms with Gasteiger partial charge in [0.15, 0.2) is 0 Å². The van der Waals surface area contributed by atoms with Crippen molar-refractivity contribution in [2.24, 2.45) is 0 Å². The number of hydrogen-bond donors (Lipinski definition) is 1. The maximum absolute atomic E-state index is 5.68. The summed E-state index contributed by atoms with van der Waals surface area (Å²) in [6.45, 7) is 5.94. The van der Waals surface area contributed by atoms with E-state index < -0.39 is 0 Å². The van der Waals surface area contributed by atoms with Crippen LogP contribution in [-0.4, -0.2) is 16.5 Å². The largest absolute Gasteiger partial charge is 0.437 e. The highest BCUT2D eigenvalue weighted by atomic mass is 16.5. The van der Waals surface area contributed by atoms with Gasteiger partial charge in [0, 0.05) is 24.5 Å². The predicted octanol–water partition coefficient (Wildman–Crippen LogP) is 3.08. The molecule has 0 saturated carbocycles. The van der Waals surface area contributed by atoms with E-state index in [2.05, 4.69) is 22.2 Å². The van der Waals surface area contributed by atoms with Crippen molar-refractivity contribution >= 4 is 0 Å². The zero-order valence-electron chi connectivity index (χ0n) is 11.4. The highest BCUT2D eigenvalue weighted by Crippen LogP contribution is 2.19. The molecule has 0 fully saturated rings. The Bertz CT molecular complexity index is 511. The van der Waals surface area contributed by atoms with Crippen molar-refractivity contribution in [2.45, 2.75) is 26.8 Å². The lowest BCUT2D eigenvalue weighted by Gasteiger charge is -2.07. The molecule has 0 unspecified atom stereocenters. The Morgan fingerprint density at radius 1 is 1.21 bits per heavy atom. The van der Waals surface area contributed by atoms with E-state index in [1.165, 1.54) is 5.56 Å². The zero-order valence-corrected chi connectivity index (χ0v) is 11.4. The molecule has 4 heteroatoms. The summed E-state index contributed by atoms with van der Waals surface area (Å²) < 4.78 is 5.68. The first kappa shape index (κ1) is 13.5. The highest BCUT2D eigenvalue weighted by molar-refractivity contribution is 5.27. The van der Waals surface area contributed by atoms with Gasteiger partial charge in [-0.25, -0.2) is 4.98 Å². The quantitative estimate of drug-likeness (QED) is 0.808. The molecular weight excluding hydrogens is 238 g/mol. The van der Waals surface area contributed by atoms with Gasteiger partial charge in [-0.1, -0.05) is 6.92 Å². The number of nitrogens with zero attached hydrogens (tertiary/aromatic N) is 2. The molecule has 2 aromatic rings. The first-order valence-electron chi connectivity index (χ1n) is 6.54. The maximum atomic E-state index is 5.68. The summed E-state index contributed by atoms with van der Waals surface area (Å²) in [4.78, 5) is 8.40. The van der Waals surface area contributed by atoms with Gasteiger partial charge in [-0.05, 0) is 43.7 Å². The van der Waals surface area contributed by atoms with E-state index >= 15 is 0 Å². The van der Waals surface area contributed by atoms with Crippen LogP contribution in [0.25, 0.3) is 0 Å². The van der Waals surface area contributed by atoms with Gasteiger partial charge < -0.3 is 10.1 Å². The first-order chi connectivity index (χ1) is 9.28. The number of aromatic nitrogens is 2. The van der Waals surface area contributed by atoms with Crippen molar-refractivity contribution in [3.05, 3.63) is 47.9 Å². The van der Waals surface area contributed by atoms with Crippen molar-refractivity contribution in [3.63, 3.8) is 0 Å². The molecule has 2 rings (SSSR count). The van der Waals surface area contributed by atoms with Gasteiger partial charge in [-0.15, -0.1) is 0 Å². The molecule has 0 aliphatic rings. The molecule has 0 bridgehead atoms. The van der Waals surface area contributed by atoms with Crippen LogP contribution in [0.4, 0.5) is 0 Å². The molecular formula is C15H19N3O. The third-order valence-electron chi connectivity index (χ3n) is 2.66. The van der Waals surface area contributed by atoms with E-state index in [-0.39, 0.29) is 0 Å². The van der Waals surface area contributed by atoms with Crippen LogP contribution >= 0.6 is 0 Å². The lowest BCUT2D eigenvalue weighted by atomic mass is 10.2. The van der Waals surface area contributed by atoms with E-state index in [4.69, 9.17) is 4.74 Å². The number of hydrogen-bond acceptors (Lipinski definition) is 4. The van der Waals surface area contributed by atoms with Crippen molar-refractivity contribution in [1.82, 2.24) is 15.3 Å². The van der Waals surface area contributed by atoms with Crippen LogP contribution in [0.2, 0.25) is 0 Å². The Hall–Kier alpha value is -1.94. The summed E-state index contributed by atoms with van der Waals surface area (Å²) in [5, 5.41) is 3.35. The van der Waals surface area contributed by atoms with Gasteiger partial charge in [-0.3, -0.25) is 4.98 Å². The van der Waals surface area contributed by atoms with Crippen molar-refractivity contribution in [2.75, 3.05) is 6.54 Å². The summed E-state index contributed by atoms with van der Waals surface area (Å²) in [6, 6.07) is 7.75. The summed E-state index contributed by atoms with van der Waals surface area (Å²) in [5.74, 6) is 1.30. The van der Waals surface area contributed by atoms with Crippen LogP contribution in [0.1, 0.15) is 24.6 Å². The molecule has 1 N–H and O–H groups in total. The second kappa shape index (κ2) is 6.85. The fourth-order valence-corrected chi connectivity index (χ4v) is 1.66. The maximum Gasteiger partial charge on any atom is 0.219 e. The Labute approximate surface area is 113 Å². The van der Waals surface area contributed by atoms with Crippen LogP contribution in [0, 0.1) is 6.92 Å². The predicted molar refractivity (Wildman–Crippen MR) is 75.3 cm³/mol. The summed E-state index contributed by atoms with van der Waals surface area (Å²) in [5.41, 5.74) is 2.14. The average molecular weight is 257 g/mol. The SMILES string of the molecule is CCCNCc1ccnc(Oc2ccc(C)nc2)c1. The van der Waals surface area contributed by atoms with Crippen LogP contribution in [-0.2, 0) is 6.54 Å². The van der Waals surface area contributed by atoms with E-state index in [0.717, 1.165) is 25.2 Å². The number of aryl methyl sites for hydroxylation is 1. The first-order valence-corrected chi connectivity index (χ1v) is 6.54. The Morgan fingerprint density at radius 2 is 2.11 bits per heavy atom. The normalized spacial score (nSPS) is 10.4. The molecule has 100 valence electrons. The molecule has 0 spiro atoms. The number of pyridine rings is 2. The number of rotatable bonds is 6. The van der Waals surface area contributed by atoms with Crippen LogP contribution < -0.4 is 10.1 Å². The number of ether oxygens (including phenoxy) is 1. The topological polar surface area (TPSA) is 47.0 Å². The minimum Gasteiger partial charge on any atom is -0.437 e. The van der Waals surface area contributed by atoms with E-state index in [0.29, 0.717) is 11.6 Å². The van der Waals surface area contributed by atoms with Gasteiger partial charge >= 0.3 is 0 Å². The summed E-state index contributed by atoms with van der Waals surface area (Å²) in [7, 11) is 0. The van der Waals surface area contributed by atoms with Crippen LogP contribution in [0.5, 0.6) is 11.6 Å². The van der Waals surface area contributed by atoms with Crippen molar-refractivity contribution in [1.29, 1.82) is 0 Å². The minimum atomic E-state index is 0.599. The van der Waals surface area contributed by atoms with Crippen LogP contribution in [0.15, 0.2) is 36.7 Å². The molecule has 0 saturated heterocycles. The monoisotopic (exact) mass is 257 g/mol. The summed E-state index contributed by atoms with van der Waals surface area (Å²) in [6.07, 6.45) is 4.60. The molecule has 4 nitrogen and oxygen atoms in total. The van der Waals surface area contributed by atoms with Gasteiger partial charge in [0.25, 0.3) is 0 Å². The Morgan fingerprint density at radius 3 is 2.84 bits per heavy atom. The van der Waals surface area contributed by atoms with E-state index in [9.17, 15) is 0 Å². The highest BCUT2D eigenvalue weighted by Gasteiger charge is 2.01. The molecule has 0 amide bonds. The fourth-order valence-electron chi connectivity index (χ4n) is 1.66. The molecule has 0 atom stereocenters. The van der Waals surface area contributed by atoms with Gasteiger partial charge in [0.1, 0.15) is 5.75 Å². The second-order valence-electron chi connectivity index (χ2n) is 4.42. The third kappa shape index (κ3) is 4.34. The molecule has 2 heterocycles. The van der Waals surface area contributed by atoms with Crippen LogP contribution in [0.3, 0.4) is 0 Å². The lowest BCUT2D eigenvalue weighted by Crippen LogP contribution is -2.13. The molecule has 0 aliphatic heterocycles. The van der Waals surface area contributed by atoms with Gasteiger partial charge in [0.2, 0.25) is 5.88 Å². The molecule has 19 heavy (non-hydrogen) atoms. The van der Waals surface area contributed by atoms with E-state index in [1.807, 2.05) is 31.2 Å².